The molecule has 0 fully saturated rings. The van der Waals surface area contributed by atoms with Crippen molar-refractivity contribution in [1.82, 2.24) is 10.0 Å². The topological polar surface area (TPSA) is 88.7 Å². The van der Waals surface area contributed by atoms with Gasteiger partial charge in [0.25, 0.3) is 11.8 Å². The normalized spacial score (nSPS) is 13.1. The molecule has 1 aliphatic rings. The molecule has 0 saturated heterocycles. The Hall–Kier alpha value is -3.61. The first-order valence-corrected chi connectivity index (χ1v) is 9.00. The minimum Gasteiger partial charge on any atom is -0.494 e. The number of hydroxylamine groups is 2. The van der Waals surface area contributed by atoms with Crippen LogP contribution in [0.25, 0.3) is 10.9 Å². The number of amides is 2. The molecule has 0 unspecified atom stereocenters. The number of hydrogen-bond donors (Lipinski definition) is 1. The highest BCUT2D eigenvalue weighted by molar-refractivity contribution is 6.20. The number of aromatic amines is 1. The van der Waals surface area contributed by atoms with E-state index in [9.17, 15) is 14.4 Å². The van der Waals surface area contributed by atoms with Crippen molar-refractivity contribution >= 4 is 28.7 Å². The molecule has 1 N–H and O–H groups in total. The minimum absolute atomic E-state index is 0.0926. The van der Waals surface area contributed by atoms with E-state index in [4.69, 9.17) is 9.57 Å². The first-order chi connectivity index (χ1) is 13.6. The van der Waals surface area contributed by atoms with E-state index < -0.39 is 17.8 Å². The van der Waals surface area contributed by atoms with E-state index in [1.54, 1.807) is 18.3 Å². The minimum atomic E-state index is -0.699. The lowest BCUT2D eigenvalue weighted by atomic mass is 10.1. The average molecular weight is 378 g/mol. The van der Waals surface area contributed by atoms with Crippen LogP contribution < -0.4 is 4.74 Å². The monoisotopic (exact) mass is 378 g/mol. The number of aromatic nitrogens is 1. The van der Waals surface area contributed by atoms with Gasteiger partial charge in [0.05, 0.1) is 24.2 Å². The van der Waals surface area contributed by atoms with Gasteiger partial charge in [0.1, 0.15) is 5.75 Å². The van der Waals surface area contributed by atoms with E-state index in [1.807, 2.05) is 25.1 Å². The number of rotatable bonds is 6. The zero-order valence-corrected chi connectivity index (χ0v) is 15.2. The van der Waals surface area contributed by atoms with Crippen LogP contribution in [0, 0.1) is 0 Å². The van der Waals surface area contributed by atoms with Crippen molar-refractivity contribution in [2.45, 2.75) is 19.8 Å². The summed E-state index contributed by atoms with van der Waals surface area (Å²) in [5.74, 6) is -1.26. The van der Waals surface area contributed by atoms with Gasteiger partial charge in [0.2, 0.25) is 0 Å². The highest BCUT2D eigenvalue weighted by Crippen LogP contribution is 2.26. The molecule has 0 radical (unpaired) electrons. The molecule has 4 rings (SSSR count). The molecule has 0 aliphatic carbocycles. The molecule has 7 heteroatoms. The number of nitrogens with zero attached hydrogens (tertiary/aromatic N) is 1. The number of carbonyl (C=O) groups excluding carboxylic acids is 3. The van der Waals surface area contributed by atoms with Crippen LogP contribution in [0.3, 0.4) is 0 Å². The second kappa shape index (κ2) is 7.19. The zero-order chi connectivity index (χ0) is 19.7. The number of benzene rings is 2. The van der Waals surface area contributed by atoms with E-state index in [0.29, 0.717) is 23.0 Å². The molecule has 2 amide bonds. The second-order valence-electron chi connectivity index (χ2n) is 6.46. The Labute approximate surface area is 160 Å². The molecule has 1 aliphatic heterocycles. The Bertz CT molecular complexity index is 1050. The van der Waals surface area contributed by atoms with Gasteiger partial charge in [0, 0.05) is 17.1 Å². The molecule has 0 spiro atoms. The molecule has 3 aromatic rings. The third kappa shape index (κ3) is 3.11. The second-order valence-corrected chi connectivity index (χ2v) is 6.46. The van der Waals surface area contributed by atoms with Crippen molar-refractivity contribution in [3.63, 3.8) is 0 Å². The Morgan fingerprint density at radius 3 is 2.46 bits per heavy atom. The Morgan fingerprint density at radius 1 is 1.07 bits per heavy atom. The first-order valence-electron chi connectivity index (χ1n) is 9.00. The summed E-state index contributed by atoms with van der Waals surface area (Å²) in [7, 11) is 0. The largest absolute Gasteiger partial charge is 0.494 e. The number of carbonyl (C=O) groups is 3. The number of hydrogen-bond acceptors (Lipinski definition) is 5. The molecule has 1 aromatic heterocycles. The van der Waals surface area contributed by atoms with Gasteiger partial charge >= 0.3 is 5.97 Å². The summed E-state index contributed by atoms with van der Waals surface area (Å²) in [4.78, 5) is 45.2. The van der Waals surface area contributed by atoms with Crippen molar-refractivity contribution in [2.24, 2.45) is 0 Å². The lowest BCUT2D eigenvalue weighted by Gasteiger charge is -2.12. The van der Waals surface area contributed by atoms with Gasteiger partial charge in [0.15, 0.2) is 0 Å². The van der Waals surface area contributed by atoms with Gasteiger partial charge in [-0.2, -0.15) is 0 Å². The highest BCUT2D eigenvalue weighted by Gasteiger charge is 2.38. The third-order valence-electron chi connectivity index (χ3n) is 4.50. The SMILES string of the molecule is CCCOc1ccc2[nH]cc(CC(=O)ON3C(=O)c4ccccc4C3=O)c2c1. The zero-order valence-electron chi connectivity index (χ0n) is 15.2. The maximum atomic E-state index is 12.4. The number of imide groups is 1. The number of fused-ring (bicyclic) bond motifs is 2. The molecule has 7 nitrogen and oxygen atoms in total. The maximum absolute atomic E-state index is 12.4. The number of H-pyrrole nitrogens is 1. The fourth-order valence-electron chi connectivity index (χ4n) is 3.15. The van der Waals surface area contributed by atoms with Crippen molar-refractivity contribution in [3.8, 4) is 5.75 Å². The van der Waals surface area contributed by atoms with Gasteiger partial charge < -0.3 is 14.6 Å². The predicted molar refractivity (Wildman–Crippen MR) is 101 cm³/mol. The molecule has 142 valence electrons. The summed E-state index contributed by atoms with van der Waals surface area (Å²) >= 11 is 0. The van der Waals surface area contributed by atoms with E-state index in [0.717, 1.165) is 17.3 Å². The van der Waals surface area contributed by atoms with Gasteiger partial charge in [-0.15, -0.1) is 0 Å². The smallest absolute Gasteiger partial charge is 0.337 e. The van der Waals surface area contributed by atoms with E-state index in [-0.39, 0.29) is 17.5 Å². The van der Waals surface area contributed by atoms with Crippen molar-refractivity contribution in [1.29, 1.82) is 0 Å². The molecular weight excluding hydrogens is 360 g/mol. The highest BCUT2D eigenvalue weighted by atomic mass is 16.7. The fraction of sp³-hybridized carbons (Fsp3) is 0.190. The Morgan fingerprint density at radius 2 is 1.79 bits per heavy atom. The lowest BCUT2D eigenvalue weighted by Crippen LogP contribution is -2.33. The summed E-state index contributed by atoms with van der Waals surface area (Å²) in [6.07, 6.45) is 2.51. The fourth-order valence-corrected chi connectivity index (χ4v) is 3.15. The Balaban J connectivity index is 1.50. The van der Waals surface area contributed by atoms with E-state index in [1.165, 1.54) is 12.1 Å². The molecule has 0 saturated carbocycles. The van der Waals surface area contributed by atoms with Crippen LogP contribution in [0.2, 0.25) is 0 Å². The van der Waals surface area contributed by atoms with Crippen LogP contribution in [-0.2, 0) is 16.1 Å². The maximum Gasteiger partial charge on any atom is 0.337 e. The average Bonchev–Trinajstić information content (AvgIpc) is 3.21. The van der Waals surface area contributed by atoms with Gasteiger partial charge in [-0.05, 0) is 42.3 Å². The van der Waals surface area contributed by atoms with Gasteiger partial charge in [-0.1, -0.05) is 24.1 Å². The van der Waals surface area contributed by atoms with Crippen LogP contribution in [0.5, 0.6) is 5.75 Å². The summed E-state index contributed by atoms with van der Waals surface area (Å²) < 4.78 is 5.64. The molecule has 2 heterocycles. The quantitative estimate of drug-likeness (QED) is 0.665. The molecule has 28 heavy (non-hydrogen) atoms. The van der Waals surface area contributed by atoms with Crippen molar-refractivity contribution < 1.29 is 24.0 Å². The van der Waals surface area contributed by atoms with Crippen molar-refractivity contribution in [3.05, 3.63) is 65.4 Å². The van der Waals surface area contributed by atoms with Gasteiger partial charge in [-0.25, -0.2) is 4.79 Å². The summed E-state index contributed by atoms with van der Waals surface area (Å²) in [5.41, 5.74) is 2.00. The first kappa shape index (κ1) is 17.8. The van der Waals surface area contributed by atoms with Crippen LogP contribution >= 0.6 is 0 Å². The number of nitrogens with one attached hydrogen (secondary N) is 1. The van der Waals surface area contributed by atoms with E-state index >= 15 is 0 Å². The Kier molecular flexibility index (Phi) is 4.57. The van der Waals surface area contributed by atoms with Crippen LogP contribution in [0.15, 0.2) is 48.7 Å². The molecule has 0 atom stereocenters. The molecule has 0 bridgehead atoms. The summed E-state index contributed by atoms with van der Waals surface area (Å²) in [5, 5.41) is 1.35. The molecule has 2 aromatic carbocycles. The van der Waals surface area contributed by atoms with Gasteiger partial charge in [-0.3, -0.25) is 9.59 Å². The van der Waals surface area contributed by atoms with E-state index in [2.05, 4.69) is 4.98 Å². The summed E-state index contributed by atoms with van der Waals surface area (Å²) in [6, 6.07) is 11.9. The molecular formula is C21H18N2O5. The predicted octanol–water partition coefficient (Wildman–Crippen LogP) is 3.25. The standard InChI is InChI=1S/C21H18N2O5/c1-2-9-27-14-7-8-18-17(11-14)13(12-22-18)10-19(24)28-23-20(25)15-5-3-4-6-16(15)21(23)26/h3-8,11-12,22H,2,9-10H2,1H3. The number of ether oxygens (including phenoxy) is 1. The lowest BCUT2D eigenvalue weighted by molar-refractivity contribution is -0.167. The van der Waals surface area contributed by atoms with Crippen LogP contribution in [-0.4, -0.2) is 34.4 Å². The summed E-state index contributed by atoms with van der Waals surface area (Å²) in [6.45, 7) is 2.63. The van der Waals surface area contributed by atoms with Crippen molar-refractivity contribution in [2.75, 3.05) is 6.61 Å². The van der Waals surface area contributed by atoms with Crippen LogP contribution in [0.4, 0.5) is 0 Å². The van der Waals surface area contributed by atoms with Crippen LogP contribution in [0.1, 0.15) is 39.6 Å². The third-order valence-corrected chi connectivity index (χ3v) is 4.50.